The predicted octanol–water partition coefficient (Wildman–Crippen LogP) is 4.47. The number of thiazole rings is 1. The van der Waals surface area contributed by atoms with Crippen LogP contribution in [0, 0.1) is 6.92 Å². The van der Waals surface area contributed by atoms with Gasteiger partial charge in [-0.05, 0) is 36.8 Å². The molecule has 1 aromatic carbocycles. The van der Waals surface area contributed by atoms with Gasteiger partial charge in [0.2, 0.25) is 0 Å². The molecule has 10 heteroatoms. The average Bonchev–Trinajstić information content (AvgIpc) is 3.35. The highest BCUT2D eigenvalue weighted by molar-refractivity contribution is 7.17. The third kappa shape index (κ3) is 4.23. The predicted molar refractivity (Wildman–Crippen MR) is 128 cm³/mol. The third-order valence-corrected chi connectivity index (χ3v) is 6.48. The van der Waals surface area contributed by atoms with Crippen LogP contribution < -0.4 is 4.90 Å². The van der Waals surface area contributed by atoms with Gasteiger partial charge in [0.1, 0.15) is 17.2 Å². The number of hydrogen-bond donors (Lipinski definition) is 1. The number of aliphatic hydroxyl groups is 1. The zero-order valence-electron chi connectivity index (χ0n) is 17.9. The minimum absolute atomic E-state index is 0.0206. The maximum atomic E-state index is 13.2. The van der Waals surface area contributed by atoms with Gasteiger partial charge in [-0.3, -0.25) is 19.5 Å². The smallest absolute Gasteiger partial charge is 0.350 e. The topological polar surface area (TPSA) is 110 Å². The molecule has 1 atom stereocenters. The minimum Gasteiger partial charge on any atom is -0.507 e. The van der Waals surface area contributed by atoms with Gasteiger partial charge in [-0.1, -0.05) is 47.7 Å². The van der Waals surface area contributed by atoms with Gasteiger partial charge in [0.05, 0.1) is 17.3 Å². The van der Waals surface area contributed by atoms with Crippen LogP contribution >= 0.6 is 22.9 Å². The number of pyridine rings is 1. The maximum absolute atomic E-state index is 13.2. The van der Waals surface area contributed by atoms with E-state index in [-0.39, 0.29) is 27.9 Å². The highest BCUT2D eigenvalue weighted by Gasteiger charge is 2.48. The average molecular weight is 496 g/mol. The summed E-state index contributed by atoms with van der Waals surface area (Å²) in [6, 6.07) is 8.62. The Balaban J connectivity index is 1.88. The third-order valence-electron chi connectivity index (χ3n) is 5.09. The van der Waals surface area contributed by atoms with E-state index in [9.17, 15) is 19.5 Å². The number of aryl methyl sites for hydroxylation is 1. The summed E-state index contributed by atoms with van der Waals surface area (Å²) in [5.74, 6) is -2.71. The van der Waals surface area contributed by atoms with Crippen LogP contribution in [0.5, 0.6) is 0 Å². The van der Waals surface area contributed by atoms with E-state index in [1.807, 2.05) is 0 Å². The first-order valence-corrected chi connectivity index (χ1v) is 11.2. The summed E-state index contributed by atoms with van der Waals surface area (Å²) in [6.07, 6.45) is 4.37. The molecular formula is C24H18ClN3O5S. The lowest BCUT2D eigenvalue weighted by Crippen LogP contribution is -2.29. The summed E-state index contributed by atoms with van der Waals surface area (Å²) in [5.41, 5.74) is 1.10. The van der Waals surface area contributed by atoms with Crippen molar-refractivity contribution in [3.05, 3.63) is 93.7 Å². The summed E-state index contributed by atoms with van der Waals surface area (Å²) in [7, 11) is 0. The SMILES string of the molecule is C=CCOC(=O)c1sc(N2C(=O)C(=O)/C(=C(/O)c3ccncc3)C2c2ccc(Cl)cc2)nc1C. The number of esters is 1. The monoisotopic (exact) mass is 495 g/mol. The summed E-state index contributed by atoms with van der Waals surface area (Å²) in [6.45, 7) is 5.14. The van der Waals surface area contributed by atoms with E-state index in [1.54, 1.807) is 31.2 Å². The minimum atomic E-state index is -0.993. The summed E-state index contributed by atoms with van der Waals surface area (Å²) < 4.78 is 5.10. The Hall–Kier alpha value is -3.82. The van der Waals surface area contributed by atoms with Crippen LogP contribution in [0.15, 0.2) is 67.0 Å². The molecule has 34 heavy (non-hydrogen) atoms. The fraction of sp³-hybridized carbons (Fsp3) is 0.125. The number of aromatic nitrogens is 2. The fourth-order valence-electron chi connectivity index (χ4n) is 3.53. The first kappa shape index (κ1) is 23.3. The molecule has 1 fully saturated rings. The Morgan fingerprint density at radius 1 is 1.24 bits per heavy atom. The second-order valence-corrected chi connectivity index (χ2v) is 8.67. The number of rotatable bonds is 6. The number of ether oxygens (including phenoxy) is 1. The zero-order valence-corrected chi connectivity index (χ0v) is 19.5. The van der Waals surface area contributed by atoms with Crippen LogP contribution in [-0.4, -0.2) is 39.3 Å². The van der Waals surface area contributed by atoms with Crippen LogP contribution in [-0.2, 0) is 14.3 Å². The molecule has 3 aromatic rings. The molecule has 1 aliphatic rings. The molecule has 4 rings (SSSR count). The summed E-state index contributed by atoms with van der Waals surface area (Å²) in [4.78, 5) is 48.4. The first-order valence-electron chi connectivity index (χ1n) is 10.1. The number of ketones is 1. The lowest BCUT2D eigenvalue weighted by atomic mass is 9.96. The van der Waals surface area contributed by atoms with Crippen molar-refractivity contribution in [3.8, 4) is 0 Å². The normalized spacial score (nSPS) is 17.1. The van der Waals surface area contributed by atoms with E-state index in [0.29, 0.717) is 21.8 Å². The molecule has 3 heterocycles. The number of nitrogens with zero attached hydrogens (tertiary/aromatic N) is 3. The van der Waals surface area contributed by atoms with Crippen molar-refractivity contribution in [2.75, 3.05) is 11.5 Å². The number of hydrogen-bond acceptors (Lipinski definition) is 8. The lowest BCUT2D eigenvalue weighted by Gasteiger charge is -2.23. The van der Waals surface area contributed by atoms with Gasteiger partial charge >= 0.3 is 11.9 Å². The van der Waals surface area contributed by atoms with Gasteiger partial charge in [-0.25, -0.2) is 9.78 Å². The van der Waals surface area contributed by atoms with Gasteiger partial charge < -0.3 is 9.84 Å². The molecule has 0 saturated carbocycles. The second-order valence-electron chi connectivity index (χ2n) is 7.25. The molecule has 0 radical (unpaired) electrons. The molecular weight excluding hydrogens is 478 g/mol. The van der Waals surface area contributed by atoms with E-state index in [4.69, 9.17) is 16.3 Å². The standard InChI is InChI=1S/C24H18ClN3O5S/c1-3-12-33-23(32)21-13(2)27-24(34-21)28-18(14-4-6-16(25)7-5-14)17(20(30)22(28)31)19(29)15-8-10-26-11-9-15/h3-11,18,29H,1,12H2,2H3/b19-17+. The van der Waals surface area contributed by atoms with Crippen molar-refractivity contribution in [2.24, 2.45) is 0 Å². The number of benzene rings is 1. The second kappa shape index (κ2) is 9.58. The van der Waals surface area contributed by atoms with Gasteiger partial charge in [0, 0.05) is 23.0 Å². The Morgan fingerprint density at radius 3 is 2.56 bits per heavy atom. The Labute approximate surface area is 203 Å². The van der Waals surface area contributed by atoms with Gasteiger partial charge in [-0.2, -0.15) is 0 Å². The summed E-state index contributed by atoms with van der Waals surface area (Å²) >= 11 is 6.96. The molecule has 1 saturated heterocycles. The van der Waals surface area contributed by atoms with Gasteiger partial charge in [0.25, 0.3) is 5.78 Å². The van der Waals surface area contributed by atoms with Crippen molar-refractivity contribution < 1.29 is 24.2 Å². The number of carbonyl (C=O) groups is 3. The molecule has 0 spiro atoms. The number of Topliss-reactive ketones (excluding diaryl/α,β-unsaturated/α-hetero) is 1. The number of anilines is 1. The van der Waals surface area contributed by atoms with E-state index < -0.39 is 23.7 Å². The highest BCUT2D eigenvalue weighted by Crippen LogP contribution is 2.44. The number of amides is 1. The van der Waals surface area contributed by atoms with Crippen molar-refractivity contribution in [1.29, 1.82) is 0 Å². The Kier molecular flexibility index (Phi) is 6.58. The molecule has 1 amide bonds. The van der Waals surface area contributed by atoms with Crippen LogP contribution in [0.2, 0.25) is 5.02 Å². The molecule has 172 valence electrons. The first-order chi connectivity index (χ1) is 16.3. The van der Waals surface area contributed by atoms with Crippen molar-refractivity contribution >= 4 is 51.5 Å². The molecule has 8 nitrogen and oxygen atoms in total. The molecule has 1 aliphatic heterocycles. The Bertz CT molecular complexity index is 1320. The van der Waals surface area contributed by atoms with E-state index in [1.165, 1.54) is 35.5 Å². The fourth-order valence-corrected chi connectivity index (χ4v) is 4.64. The molecule has 1 unspecified atom stereocenters. The molecule has 0 bridgehead atoms. The molecule has 1 N–H and O–H groups in total. The van der Waals surface area contributed by atoms with Crippen LogP contribution in [0.1, 0.15) is 32.5 Å². The number of halogens is 1. The van der Waals surface area contributed by atoms with Crippen molar-refractivity contribution in [1.82, 2.24) is 9.97 Å². The van der Waals surface area contributed by atoms with Crippen molar-refractivity contribution in [3.63, 3.8) is 0 Å². The van der Waals surface area contributed by atoms with E-state index in [0.717, 1.165) is 11.3 Å². The number of aliphatic hydroxyl groups excluding tert-OH is 1. The van der Waals surface area contributed by atoms with Crippen molar-refractivity contribution in [2.45, 2.75) is 13.0 Å². The quantitative estimate of drug-likeness (QED) is 0.176. The van der Waals surface area contributed by atoms with Crippen LogP contribution in [0.3, 0.4) is 0 Å². The Morgan fingerprint density at radius 2 is 1.91 bits per heavy atom. The highest BCUT2D eigenvalue weighted by atomic mass is 35.5. The zero-order chi connectivity index (χ0) is 24.4. The van der Waals surface area contributed by atoms with Gasteiger partial charge in [0.15, 0.2) is 5.13 Å². The van der Waals surface area contributed by atoms with E-state index >= 15 is 0 Å². The molecule has 0 aliphatic carbocycles. The molecule has 2 aromatic heterocycles. The number of carbonyl (C=O) groups excluding carboxylic acids is 3. The van der Waals surface area contributed by atoms with Gasteiger partial charge in [-0.15, -0.1) is 0 Å². The largest absolute Gasteiger partial charge is 0.507 e. The van der Waals surface area contributed by atoms with E-state index in [2.05, 4.69) is 16.5 Å². The summed E-state index contributed by atoms with van der Waals surface area (Å²) in [5, 5.41) is 11.6. The maximum Gasteiger partial charge on any atom is 0.350 e. The lowest BCUT2D eigenvalue weighted by molar-refractivity contribution is -0.132. The van der Waals surface area contributed by atoms with Crippen LogP contribution in [0.25, 0.3) is 5.76 Å². The van der Waals surface area contributed by atoms with Crippen LogP contribution in [0.4, 0.5) is 5.13 Å².